The maximum absolute atomic E-state index is 5.72. The van der Waals surface area contributed by atoms with Crippen molar-refractivity contribution in [1.82, 2.24) is 20.4 Å². The van der Waals surface area contributed by atoms with Gasteiger partial charge in [-0.3, -0.25) is 14.8 Å². The van der Waals surface area contributed by atoms with E-state index in [0.717, 1.165) is 45.1 Å². The molecule has 31 heavy (non-hydrogen) atoms. The number of nitrogens with one attached hydrogen (secondary N) is 2. The van der Waals surface area contributed by atoms with Gasteiger partial charge < -0.3 is 15.4 Å². The van der Waals surface area contributed by atoms with Crippen molar-refractivity contribution in [3.05, 3.63) is 0 Å². The third kappa shape index (κ3) is 6.27. The topological polar surface area (TPSA) is 52.1 Å². The number of nitrogens with zero attached hydrogens (tertiary/aromatic N) is 3. The number of aliphatic imine (C=N–C) groups is 1. The van der Waals surface area contributed by atoms with E-state index in [0.29, 0.717) is 5.54 Å². The number of hydrogen-bond acceptors (Lipinski definition) is 4. The van der Waals surface area contributed by atoms with Crippen molar-refractivity contribution in [3.8, 4) is 0 Å². The summed E-state index contributed by atoms with van der Waals surface area (Å²) >= 11 is 0. The van der Waals surface area contributed by atoms with Crippen LogP contribution in [-0.4, -0.2) is 86.4 Å². The Morgan fingerprint density at radius 2 is 1.16 bits per heavy atom. The fourth-order valence-electron chi connectivity index (χ4n) is 6.45. The van der Waals surface area contributed by atoms with Crippen LogP contribution < -0.4 is 10.6 Å². The first kappa shape index (κ1) is 25.5. The summed E-state index contributed by atoms with van der Waals surface area (Å²) < 4.78 is 5.72. The number of likely N-dealkylation sites (tertiary alicyclic amines) is 2. The van der Waals surface area contributed by atoms with E-state index in [9.17, 15) is 0 Å². The van der Waals surface area contributed by atoms with Gasteiger partial charge in [-0.2, -0.15) is 0 Å². The van der Waals surface area contributed by atoms with Crippen molar-refractivity contribution in [3.63, 3.8) is 0 Å². The van der Waals surface area contributed by atoms with Crippen molar-refractivity contribution < 1.29 is 4.74 Å². The van der Waals surface area contributed by atoms with Crippen LogP contribution >= 0.6 is 24.0 Å². The zero-order valence-corrected chi connectivity index (χ0v) is 22.1. The first-order valence-corrected chi connectivity index (χ1v) is 12.8. The Balaban J connectivity index is 0.00000272. The lowest BCUT2D eigenvalue weighted by Crippen LogP contribution is -2.61. The van der Waals surface area contributed by atoms with Gasteiger partial charge >= 0.3 is 0 Å². The Morgan fingerprint density at radius 3 is 1.68 bits per heavy atom. The lowest BCUT2D eigenvalue weighted by molar-refractivity contribution is -0.0164. The molecule has 180 valence electrons. The highest BCUT2D eigenvalue weighted by Gasteiger charge is 2.41. The Morgan fingerprint density at radius 1 is 0.710 bits per heavy atom. The SMILES string of the molecule is CN=C(NCC1(N2CCCCC2)CCCCC1)NCC1(N2CCCC2)CCOCC1.I. The molecular formula is C24H46IN5O. The second kappa shape index (κ2) is 12.4. The first-order chi connectivity index (χ1) is 14.8. The standard InChI is InChI=1S/C24H45N5O.HI/c1-25-22(27-21-24(12-18-30-19-13-24)29-16-8-9-17-29)26-20-23(10-4-2-5-11-23)28-14-6-3-7-15-28;/h2-21H2,1H3,(H2,25,26,27);1H. The normalized spacial score (nSPS) is 27.5. The van der Waals surface area contributed by atoms with Crippen molar-refractivity contribution in [2.24, 2.45) is 4.99 Å². The highest BCUT2D eigenvalue weighted by molar-refractivity contribution is 14.0. The third-order valence-electron chi connectivity index (χ3n) is 8.40. The summed E-state index contributed by atoms with van der Waals surface area (Å²) in [4.78, 5) is 10.2. The lowest BCUT2D eigenvalue weighted by Gasteiger charge is -2.48. The molecule has 7 heteroatoms. The Labute approximate surface area is 207 Å². The van der Waals surface area contributed by atoms with Gasteiger partial charge in [0, 0.05) is 44.4 Å². The lowest BCUT2D eigenvalue weighted by atomic mass is 9.79. The molecule has 0 atom stereocenters. The average Bonchev–Trinajstić information content (AvgIpc) is 3.37. The molecule has 0 amide bonds. The van der Waals surface area contributed by atoms with Gasteiger partial charge in [-0.1, -0.05) is 25.7 Å². The molecule has 1 aliphatic carbocycles. The van der Waals surface area contributed by atoms with Crippen LogP contribution in [0, 0.1) is 0 Å². The number of piperidine rings is 1. The van der Waals surface area contributed by atoms with Crippen LogP contribution in [-0.2, 0) is 4.74 Å². The maximum atomic E-state index is 5.72. The maximum Gasteiger partial charge on any atom is 0.191 e. The molecular weight excluding hydrogens is 501 g/mol. The molecule has 4 aliphatic rings. The zero-order chi connectivity index (χ0) is 20.7. The molecule has 3 aliphatic heterocycles. The molecule has 0 aromatic carbocycles. The molecule has 3 saturated heterocycles. The predicted molar refractivity (Wildman–Crippen MR) is 140 cm³/mol. The van der Waals surface area contributed by atoms with Gasteiger partial charge in [0.25, 0.3) is 0 Å². The van der Waals surface area contributed by atoms with Crippen molar-refractivity contribution in [2.45, 2.75) is 88.1 Å². The van der Waals surface area contributed by atoms with E-state index in [1.54, 1.807) is 0 Å². The minimum absolute atomic E-state index is 0. The Bertz CT molecular complexity index is 548. The van der Waals surface area contributed by atoms with Crippen LogP contribution in [0.25, 0.3) is 0 Å². The Hall–Kier alpha value is -0.120. The van der Waals surface area contributed by atoms with Gasteiger partial charge in [-0.05, 0) is 77.5 Å². The number of ether oxygens (including phenoxy) is 1. The highest BCUT2D eigenvalue weighted by atomic mass is 127. The molecule has 0 aromatic heterocycles. The highest BCUT2D eigenvalue weighted by Crippen LogP contribution is 2.35. The summed E-state index contributed by atoms with van der Waals surface area (Å²) in [5.41, 5.74) is 0.573. The summed E-state index contributed by atoms with van der Waals surface area (Å²) in [6, 6.07) is 0. The minimum atomic E-state index is 0. The van der Waals surface area contributed by atoms with E-state index in [2.05, 4.69) is 25.4 Å². The largest absolute Gasteiger partial charge is 0.381 e. The van der Waals surface area contributed by atoms with Crippen LogP contribution in [0.2, 0.25) is 0 Å². The molecule has 3 heterocycles. The molecule has 0 spiro atoms. The van der Waals surface area contributed by atoms with Crippen LogP contribution in [0.5, 0.6) is 0 Å². The van der Waals surface area contributed by atoms with E-state index in [-0.39, 0.29) is 29.5 Å². The van der Waals surface area contributed by atoms with E-state index in [1.807, 2.05) is 7.05 Å². The number of hydrogen-bond donors (Lipinski definition) is 2. The van der Waals surface area contributed by atoms with Gasteiger partial charge in [0.1, 0.15) is 0 Å². The summed E-state index contributed by atoms with van der Waals surface area (Å²) in [5.74, 6) is 0.988. The molecule has 0 aromatic rings. The van der Waals surface area contributed by atoms with Crippen molar-refractivity contribution >= 4 is 29.9 Å². The van der Waals surface area contributed by atoms with Gasteiger partial charge in [0.2, 0.25) is 0 Å². The first-order valence-electron chi connectivity index (χ1n) is 12.8. The van der Waals surface area contributed by atoms with E-state index >= 15 is 0 Å². The minimum Gasteiger partial charge on any atom is -0.381 e. The van der Waals surface area contributed by atoms with Crippen molar-refractivity contribution in [2.75, 3.05) is 59.5 Å². The molecule has 0 bridgehead atoms. The summed E-state index contributed by atoms with van der Waals surface area (Å²) in [7, 11) is 1.93. The third-order valence-corrected chi connectivity index (χ3v) is 8.40. The van der Waals surface area contributed by atoms with Crippen LogP contribution in [0.3, 0.4) is 0 Å². The van der Waals surface area contributed by atoms with Gasteiger partial charge in [0.15, 0.2) is 5.96 Å². The summed E-state index contributed by atoms with van der Waals surface area (Å²) in [5, 5.41) is 7.51. The second-order valence-electron chi connectivity index (χ2n) is 10.1. The summed E-state index contributed by atoms with van der Waals surface area (Å²) in [6.07, 6.45) is 15.9. The number of guanidine groups is 1. The number of rotatable bonds is 6. The monoisotopic (exact) mass is 547 g/mol. The Kier molecular flexibility index (Phi) is 10.2. The fraction of sp³-hybridized carbons (Fsp3) is 0.958. The second-order valence-corrected chi connectivity index (χ2v) is 10.1. The smallest absolute Gasteiger partial charge is 0.191 e. The van der Waals surface area contributed by atoms with Crippen LogP contribution in [0.15, 0.2) is 4.99 Å². The van der Waals surface area contributed by atoms with Crippen LogP contribution in [0.4, 0.5) is 0 Å². The molecule has 1 saturated carbocycles. The van der Waals surface area contributed by atoms with Crippen LogP contribution in [0.1, 0.15) is 77.0 Å². The molecule has 0 radical (unpaired) electrons. The van der Waals surface area contributed by atoms with E-state index in [4.69, 9.17) is 4.74 Å². The molecule has 0 unspecified atom stereocenters. The summed E-state index contributed by atoms with van der Waals surface area (Å²) in [6.45, 7) is 8.85. The number of halogens is 1. The predicted octanol–water partition coefficient (Wildman–Crippen LogP) is 3.60. The van der Waals surface area contributed by atoms with Crippen molar-refractivity contribution in [1.29, 1.82) is 0 Å². The van der Waals surface area contributed by atoms with E-state index in [1.165, 1.54) is 90.4 Å². The zero-order valence-electron chi connectivity index (χ0n) is 19.8. The van der Waals surface area contributed by atoms with Gasteiger partial charge in [-0.25, -0.2) is 0 Å². The van der Waals surface area contributed by atoms with E-state index < -0.39 is 0 Å². The molecule has 4 rings (SSSR count). The molecule has 2 N–H and O–H groups in total. The quantitative estimate of drug-likeness (QED) is 0.303. The average molecular weight is 548 g/mol. The molecule has 4 fully saturated rings. The van der Waals surface area contributed by atoms with Gasteiger partial charge in [-0.15, -0.1) is 24.0 Å². The fourth-order valence-corrected chi connectivity index (χ4v) is 6.45. The van der Waals surface area contributed by atoms with Gasteiger partial charge in [0.05, 0.1) is 0 Å². The molecule has 6 nitrogen and oxygen atoms in total.